The number of esters is 1. The van der Waals surface area contributed by atoms with Gasteiger partial charge in [0.2, 0.25) is 0 Å². The number of aromatic nitrogens is 1. The summed E-state index contributed by atoms with van der Waals surface area (Å²) in [6.45, 7) is 5.49. The molecule has 0 saturated carbocycles. The number of fused-ring (bicyclic) bond motifs is 1. The third-order valence-electron chi connectivity index (χ3n) is 6.77. The molecule has 0 bridgehead atoms. The molecule has 6 nitrogen and oxygen atoms in total. The van der Waals surface area contributed by atoms with E-state index in [2.05, 4.69) is 61.5 Å². The molecule has 0 amide bonds. The van der Waals surface area contributed by atoms with Crippen molar-refractivity contribution in [2.45, 2.75) is 58.3 Å². The van der Waals surface area contributed by atoms with E-state index < -0.39 is 0 Å². The van der Waals surface area contributed by atoms with Crippen LogP contribution in [0.2, 0.25) is 0 Å². The third kappa shape index (κ3) is 7.15. The van der Waals surface area contributed by atoms with Crippen molar-refractivity contribution < 1.29 is 23.5 Å². The average molecular weight is 516 g/mol. The van der Waals surface area contributed by atoms with Crippen LogP contribution >= 0.6 is 0 Å². The summed E-state index contributed by atoms with van der Waals surface area (Å²) < 4.78 is 22.5. The van der Waals surface area contributed by atoms with Crippen molar-refractivity contribution >= 4 is 16.9 Å². The molecule has 6 heteroatoms. The fraction of sp³-hybridized carbons (Fsp3) is 0.375. The molecule has 38 heavy (non-hydrogen) atoms. The van der Waals surface area contributed by atoms with Crippen LogP contribution in [0.4, 0.5) is 0 Å². The van der Waals surface area contributed by atoms with Crippen molar-refractivity contribution in [2.24, 2.45) is 0 Å². The lowest BCUT2D eigenvalue weighted by atomic mass is 9.94. The van der Waals surface area contributed by atoms with Crippen LogP contribution < -0.4 is 9.47 Å². The molecule has 1 unspecified atom stereocenters. The highest BCUT2D eigenvalue weighted by Crippen LogP contribution is 2.33. The number of nitrogens with zero attached hydrogens (tertiary/aromatic N) is 1. The van der Waals surface area contributed by atoms with Gasteiger partial charge in [-0.25, -0.2) is 0 Å². The van der Waals surface area contributed by atoms with Crippen LogP contribution in [0.1, 0.15) is 61.4 Å². The number of carbonyl (C=O) groups excluding carboxylic acids is 1. The summed E-state index contributed by atoms with van der Waals surface area (Å²) in [7, 11) is 1.39. The molecule has 0 fully saturated rings. The van der Waals surface area contributed by atoms with Gasteiger partial charge >= 0.3 is 5.97 Å². The molecular weight excluding hydrogens is 478 g/mol. The van der Waals surface area contributed by atoms with Crippen LogP contribution in [0.3, 0.4) is 0 Å². The fourth-order valence-electron chi connectivity index (χ4n) is 4.57. The highest BCUT2D eigenvalue weighted by molar-refractivity contribution is 5.84. The molecule has 0 radical (unpaired) electrons. The Hall–Kier alpha value is -3.80. The van der Waals surface area contributed by atoms with E-state index in [1.54, 1.807) is 0 Å². The van der Waals surface area contributed by atoms with E-state index >= 15 is 0 Å². The quantitative estimate of drug-likeness (QED) is 0.132. The molecule has 0 spiro atoms. The predicted molar refractivity (Wildman–Crippen MR) is 149 cm³/mol. The van der Waals surface area contributed by atoms with Gasteiger partial charge in [0, 0.05) is 17.4 Å². The molecule has 0 aliphatic rings. The largest absolute Gasteiger partial charge is 0.493 e. The number of ether oxygens (including phenoxy) is 3. The zero-order valence-electron chi connectivity index (χ0n) is 22.6. The first-order valence-electron chi connectivity index (χ1n) is 13.5. The van der Waals surface area contributed by atoms with Crippen molar-refractivity contribution in [1.82, 2.24) is 5.16 Å². The second-order valence-electron chi connectivity index (χ2n) is 9.60. The van der Waals surface area contributed by atoms with Gasteiger partial charge in [-0.3, -0.25) is 4.79 Å². The van der Waals surface area contributed by atoms with Crippen molar-refractivity contribution in [3.05, 3.63) is 89.1 Å². The minimum absolute atomic E-state index is 0.254. The lowest BCUT2D eigenvalue weighted by Crippen LogP contribution is -2.07. The van der Waals surface area contributed by atoms with Crippen LogP contribution in [0, 0.1) is 0 Å². The normalized spacial score (nSPS) is 11.9. The van der Waals surface area contributed by atoms with Crippen LogP contribution in [-0.4, -0.2) is 31.4 Å². The molecule has 1 atom stereocenters. The smallest absolute Gasteiger partial charge is 0.309 e. The van der Waals surface area contributed by atoms with E-state index in [0.717, 1.165) is 71.4 Å². The molecule has 1 aromatic heterocycles. The van der Waals surface area contributed by atoms with Gasteiger partial charge < -0.3 is 18.7 Å². The van der Waals surface area contributed by atoms with Crippen LogP contribution in [-0.2, 0) is 28.8 Å². The van der Waals surface area contributed by atoms with Crippen molar-refractivity contribution in [1.29, 1.82) is 0 Å². The highest BCUT2D eigenvalue weighted by atomic mass is 16.5. The van der Waals surface area contributed by atoms with Gasteiger partial charge in [-0.1, -0.05) is 67.9 Å². The summed E-state index contributed by atoms with van der Waals surface area (Å²) >= 11 is 0. The number of methoxy groups -OCH3 is 1. The lowest BCUT2D eigenvalue weighted by Gasteiger charge is -2.12. The number of rotatable bonds is 14. The summed E-state index contributed by atoms with van der Waals surface area (Å²) in [6, 6.07) is 22.2. The van der Waals surface area contributed by atoms with Crippen LogP contribution in [0.5, 0.6) is 11.5 Å². The Morgan fingerprint density at radius 1 is 0.947 bits per heavy atom. The molecule has 0 aliphatic carbocycles. The monoisotopic (exact) mass is 515 g/mol. The van der Waals surface area contributed by atoms with Crippen LogP contribution in [0.15, 0.2) is 71.3 Å². The molecule has 0 saturated heterocycles. The Morgan fingerprint density at radius 3 is 2.45 bits per heavy atom. The Balaban J connectivity index is 1.31. The van der Waals surface area contributed by atoms with E-state index in [1.165, 1.54) is 12.7 Å². The van der Waals surface area contributed by atoms with Crippen molar-refractivity contribution in [3.8, 4) is 11.5 Å². The van der Waals surface area contributed by atoms with Gasteiger partial charge in [0.25, 0.3) is 0 Å². The predicted octanol–water partition coefficient (Wildman–Crippen LogP) is 7.08. The summed E-state index contributed by atoms with van der Waals surface area (Å²) in [4.78, 5) is 11.4. The first-order chi connectivity index (χ1) is 18.6. The molecular formula is C32H37NO5. The molecule has 4 aromatic rings. The zero-order valence-corrected chi connectivity index (χ0v) is 22.6. The lowest BCUT2D eigenvalue weighted by molar-refractivity contribution is -0.139. The van der Waals surface area contributed by atoms with E-state index in [1.807, 2.05) is 24.3 Å². The second kappa shape index (κ2) is 13.7. The maximum atomic E-state index is 11.4. The van der Waals surface area contributed by atoms with Crippen LogP contribution in [0.25, 0.3) is 11.0 Å². The van der Waals surface area contributed by atoms with E-state index in [4.69, 9.17) is 18.7 Å². The fourth-order valence-corrected chi connectivity index (χ4v) is 4.57. The molecule has 0 aliphatic heterocycles. The van der Waals surface area contributed by atoms with Gasteiger partial charge in [-0.05, 0) is 60.6 Å². The minimum atomic E-state index is -0.254. The second-order valence-corrected chi connectivity index (χ2v) is 9.60. The molecule has 4 rings (SSSR count). The first-order valence-corrected chi connectivity index (χ1v) is 13.5. The van der Waals surface area contributed by atoms with E-state index in [9.17, 15) is 4.79 Å². The van der Waals surface area contributed by atoms with Crippen molar-refractivity contribution in [3.63, 3.8) is 0 Å². The van der Waals surface area contributed by atoms with E-state index in [-0.39, 0.29) is 12.4 Å². The number of hydrogen-bond acceptors (Lipinski definition) is 6. The van der Waals surface area contributed by atoms with Gasteiger partial charge in [0.05, 0.1) is 32.4 Å². The van der Waals surface area contributed by atoms with Gasteiger partial charge in [-0.2, -0.15) is 0 Å². The molecule has 1 heterocycles. The summed E-state index contributed by atoms with van der Waals surface area (Å²) in [5.74, 6) is 1.82. The standard InChI is InChI=1S/C32H37NO5/c1-4-9-28-30(37-21-8-20-36-26-15-13-24(14-16-26)22-31(34)35-3)19-17-27-29(33-38-32(27)28)18-12-23(2)25-10-6-5-7-11-25/h5-7,10-11,13-17,19,23H,4,8-9,12,18,20-22H2,1-3H3. The average Bonchev–Trinajstić information content (AvgIpc) is 3.37. The number of aryl methyl sites for hydroxylation is 2. The Bertz CT molecular complexity index is 1300. The maximum Gasteiger partial charge on any atom is 0.309 e. The minimum Gasteiger partial charge on any atom is -0.493 e. The number of hydrogen-bond donors (Lipinski definition) is 0. The SMILES string of the molecule is CCCc1c(OCCCOc2ccc(CC(=O)OC)cc2)ccc2c(CCC(C)c3ccccc3)noc12. The van der Waals surface area contributed by atoms with Gasteiger partial charge in [0.15, 0.2) is 5.58 Å². The zero-order chi connectivity index (χ0) is 26.7. The van der Waals surface area contributed by atoms with Crippen molar-refractivity contribution in [2.75, 3.05) is 20.3 Å². The number of benzene rings is 3. The first kappa shape index (κ1) is 27.2. The highest BCUT2D eigenvalue weighted by Gasteiger charge is 2.17. The van der Waals surface area contributed by atoms with Gasteiger partial charge in [-0.15, -0.1) is 0 Å². The Labute approximate surface area is 224 Å². The van der Waals surface area contributed by atoms with Gasteiger partial charge in [0.1, 0.15) is 11.5 Å². The Morgan fingerprint density at radius 2 is 1.71 bits per heavy atom. The molecule has 3 aromatic carbocycles. The summed E-state index contributed by atoms with van der Waals surface area (Å²) in [5.41, 5.74) is 5.18. The number of carbonyl (C=O) groups is 1. The molecule has 200 valence electrons. The summed E-state index contributed by atoms with van der Waals surface area (Å²) in [6.07, 6.45) is 4.75. The van der Waals surface area contributed by atoms with E-state index in [0.29, 0.717) is 19.1 Å². The maximum absolute atomic E-state index is 11.4. The third-order valence-corrected chi connectivity index (χ3v) is 6.77. The topological polar surface area (TPSA) is 70.8 Å². The molecule has 0 N–H and O–H groups in total. The summed E-state index contributed by atoms with van der Waals surface area (Å²) in [5, 5.41) is 5.52. The Kier molecular flexibility index (Phi) is 9.79.